The molecule has 0 aromatic heterocycles. The van der Waals surface area contributed by atoms with Crippen LogP contribution in [0.1, 0.15) is 0 Å². The normalized spacial score (nSPS) is 9.65. The van der Waals surface area contributed by atoms with Gasteiger partial charge in [0.1, 0.15) is 0 Å². The van der Waals surface area contributed by atoms with Gasteiger partial charge >= 0.3 is 202 Å². The van der Waals surface area contributed by atoms with Gasteiger partial charge in [0.15, 0.2) is 0 Å². The number of hydrogen-bond acceptors (Lipinski definition) is 0. The van der Waals surface area contributed by atoms with E-state index in [4.69, 9.17) is 26.8 Å². The van der Waals surface area contributed by atoms with E-state index in [1.54, 1.807) is 3.58 Å². The fourth-order valence-corrected chi connectivity index (χ4v) is 17.8. The predicted molar refractivity (Wildman–Crippen MR) is 148 cm³/mol. The van der Waals surface area contributed by atoms with Gasteiger partial charge in [0, 0.05) is 0 Å². The summed E-state index contributed by atoms with van der Waals surface area (Å²) in [6, 6.07) is 20.3. The Kier molecular flexibility index (Phi) is 25.0. The number of rotatable bonds is 8. The predicted octanol–water partition coefficient (Wildman–Crippen LogP) is 4.08. The third-order valence-electron chi connectivity index (χ3n) is 4.09. The van der Waals surface area contributed by atoms with Gasteiger partial charge in [-0.2, -0.15) is 0 Å². The zero-order valence-electron chi connectivity index (χ0n) is 18.0. The Balaban J connectivity index is -0.000000452. The van der Waals surface area contributed by atoms with Gasteiger partial charge in [-0.3, -0.25) is 0 Å². The molecule has 0 saturated heterocycles. The molecule has 0 aliphatic rings. The molecule has 0 heterocycles. The van der Waals surface area contributed by atoms with Gasteiger partial charge in [-0.15, -0.1) is 0 Å². The van der Waals surface area contributed by atoms with E-state index in [1.165, 1.54) is 6.08 Å². The van der Waals surface area contributed by atoms with Gasteiger partial charge in [-0.1, -0.05) is 0 Å². The van der Waals surface area contributed by atoms with Crippen molar-refractivity contribution in [2.24, 2.45) is 0 Å². The third-order valence-corrected chi connectivity index (χ3v) is 24.9. The van der Waals surface area contributed by atoms with Crippen LogP contribution in [0.2, 0.25) is 13.3 Å². The van der Waals surface area contributed by atoms with Crippen molar-refractivity contribution in [2.75, 3.05) is 0 Å². The Morgan fingerprint density at radius 3 is 1.19 bits per heavy atom. The van der Waals surface area contributed by atoms with E-state index in [-0.39, 0.29) is 35.5 Å². The van der Waals surface area contributed by atoms with Gasteiger partial charge in [0.25, 0.3) is 0 Å². The first-order valence-corrected chi connectivity index (χ1v) is 29.0. The third kappa shape index (κ3) is 15.3. The molecular weight excluding hydrogens is 692 g/mol. The van der Waals surface area contributed by atoms with Crippen molar-refractivity contribution in [1.82, 2.24) is 0 Å². The summed E-state index contributed by atoms with van der Waals surface area (Å²) < 4.78 is 5.95. The second-order valence-corrected chi connectivity index (χ2v) is 38.5. The van der Waals surface area contributed by atoms with Crippen LogP contribution in [0, 0.1) is 6.92 Å². The van der Waals surface area contributed by atoms with E-state index in [2.05, 4.69) is 81.8 Å². The van der Waals surface area contributed by atoms with Crippen molar-refractivity contribution in [3.63, 3.8) is 0 Å². The molecule has 0 nitrogen and oxygen atoms in total. The van der Waals surface area contributed by atoms with E-state index in [0.29, 0.717) is 0 Å². The quantitative estimate of drug-likeness (QED) is 0.219. The minimum Gasteiger partial charge on any atom is 2.00 e. The van der Waals surface area contributed by atoms with E-state index in [9.17, 15) is 0 Å². The molecule has 7 heteroatoms. The Bertz CT molecular complexity index is 706. The van der Waals surface area contributed by atoms with Crippen molar-refractivity contribution < 1.29 is 12.4 Å². The van der Waals surface area contributed by atoms with E-state index >= 15 is 0 Å². The van der Waals surface area contributed by atoms with Crippen LogP contribution in [0.25, 0.3) is 0 Å². The molecule has 0 amide bonds. The summed E-state index contributed by atoms with van der Waals surface area (Å²) >= 11 is -5.65. The summed E-state index contributed by atoms with van der Waals surface area (Å²) in [4.78, 5) is 0. The maximum atomic E-state index is 5.80. The number of hydrogen-bond donors (Lipinski definition) is 0. The maximum absolute atomic E-state index is 5.80. The van der Waals surface area contributed by atoms with Crippen LogP contribution in [0.4, 0.5) is 0 Å². The molecule has 2 aromatic carbocycles. The molecule has 164 valence electrons. The van der Waals surface area contributed by atoms with E-state index < -0.39 is 33.4 Å². The van der Waals surface area contributed by atoms with Crippen LogP contribution in [0.15, 0.2) is 111 Å². The van der Waals surface area contributed by atoms with Crippen LogP contribution in [-0.4, -0.2) is 56.4 Å². The molecule has 0 saturated carbocycles. The van der Waals surface area contributed by atoms with Gasteiger partial charge in [0.05, 0.1) is 0 Å². The zero-order valence-corrected chi connectivity index (χ0v) is 28.1. The van der Waals surface area contributed by atoms with Gasteiger partial charge in [-0.05, 0) is 0 Å². The Morgan fingerprint density at radius 1 is 0.677 bits per heavy atom. The molecule has 31 heavy (non-hydrogen) atoms. The number of halogens is 4. The molecule has 0 unspecified atom stereocenters. The molecule has 0 N–H and O–H groups in total. The summed E-state index contributed by atoms with van der Waals surface area (Å²) in [6.45, 7) is 18.3. The molecule has 0 spiro atoms. The second-order valence-electron chi connectivity index (χ2n) is 6.28. The molecular formula is C24H30Cl4MgSn2. The largest absolute Gasteiger partial charge is 2.00 e. The molecule has 2 aromatic rings. The Hall–Kier alpha value is 0.794. The average Bonchev–Trinajstić information content (AvgIpc) is 2.70. The van der Waals surface area contributed by atoms with Crippen molar-refractivity contribution in [3.8, 4) is 0 Å². The minimum absolute atomic E-state index is 0. The molecule has 0 radical (unpaired) electrons. The second kappa shape index (κ2) is 21.3. The first-order chi connectivity index (χ1) is 13.8. The fraction of sp³-hybridized carbons (Fsp3) is 0.125. The number of benzene rings is 2. The molecule has 0 atom stereocenters. The van der Waals surface area contributed by atoms with Crippen LogP contribution in [0.3, 0.4) is 0 Å². The summed E-state index contributed by atoms with van der Waals surface area (Å²) in [5.74, 6) is 0. The van der Waals surface area contributed by atoms with Crippen LogP contribution in [0.5, 0.6) is 0 Å². The van der Waals surface area contributed by atoms with Gasteiger partial charge in [0.2, 0.25) is 0 Å². The monoisotopic (exact) mass is 722 g/mol. The summed E-state index contributed by atoms with van der Waals surface area (Å²) in [7, 11) is 17.4. The van der Waals surface area contributed by atoms with Gasteiger partial charge < -0.3 is 12.4 Å². The maximum Gasteiger partial charge on any atom is 2.00 e. The standard InChI is InChI=1S/2C6H5.4C3H5.4ClH.Mg.2Sn/c2*1-2-4-6-5-3-1;4*1-3-2;;;;;;;/h2*1-5H;4*3H,1-2H2;4*1H;;;/q;;;;;-1;;;;;+2;;+3/p-4. The van der Waals surface area contributed by atoms with Crippen molar-refractivity contribution in [1.29, 1.82) is 0 Å². The van der Waals surface area contributed by atoms with Crippen molar-refractivity contribution >= 4 is 90.3 Å². The fourth-order valence-electron chi connectivity index (χ4n) is 2.85. The Labute approximate surface area is 231 Å². The van der Waals surface area contributed by atoms with Crippen LogP contribution < -0.4 is 19.6 Å². The summed E-state index contributed by atoms with van der Waals surface area (Å²) in [5, 5.41) is 0. The topological polar surface area (TPSA) is 0 Å². The summed E-state index contributed by atoms with van der Waals surface area (Å²) in [5.41, 5.74) is 0. The van der Waals surface area contributed by atoms with Gasteiger partial charge in [-0.25, -0.2) is 19.6 Å². The van der Waals surface area contributed by atoms with Crippen LogP contribution in [-0.2, 0) is 0 Å². The molecule has 0 aliphatic carbocycles. The number of allylic oxidation sites excluding steroid dienone is 4. The first kappa shape index (κ1) is 36.4. The average molecular weight is 722 g/mol. The minimum atomic E-state index is -3.30. The zero-order chi connectivity index (χ0) is 22.2. The van der Waals surface area contributed by atoms with Crippen molar-refractivity contribution in [2.45, 2.75) is 13.3 Å². The first-order valence-electron chi connectivity index (χ1n) is 9.21. The SMILES string of the molecule is C=C[CH2-].C=C[CH2][Sn]([CH2]C=C)([CH2]C=C)[c]1ccccc1.[Cl-].[Cl][Sn]([Cl])([Cl])[c]1ccccc1.[Mg+2]. The molecule has 0 aliphatic heterocycles. The molecule has 0 fully saturated rings. The molecule has 0 bridgehead atoms. The van der Waals surface area contributed by atoms with E-state index in [0.717, 1.165) is 16.9 Å². The van der Waals surface area contributed by atoms with E-state index in [1.807, 2.05) is 30.3 Å². The summed E-state index contributed by atoms with van der Waals surface area (Å²) in [6.07, 6.45) is 7.74. The molecule has 2 rings (SSSR count). The van der Waals surface area contributed by atoms with Crippen molar-refractivity contribution in [3.05, 3.63) is 118 Å². The Morgan fingerprint density at radius 2 is 0.968 bits per heavy atom. The smallest absolute Gasteiger partial charge is 2.00 e. The van der Waals surface area contributed by atoms with Crippen LogP contribution >= 0.6 is 26.8 Å².